The van der Waals surface area contributed by atoms with Gasteiger partial charge in [0.1, 0.15) is 0 Å². The average molecular weight is 488 g/mol. The molecule has 2 heterocycles. The molecule has 0 N–H and O–H groups in total. The van der Waals surface area contributed by atoms with Crippen LogP contribution in [0.1, 0.15) is 11.1 Å². The first-order valence-corrected chi connectivity index (χ1v) is 10.8. The van der Waals surface area contributed by atoms with Crippen LogP contribution >= 0.6 is 35.6 Å². The van der Waals surface area contributed by atoms with E-state index in [0.717, 1.165) is 17.4 Å². The number of anilines is 1. The minimum absolute atomic E-state index is 0.146. The number of ether oxygens (including phenoxy) is 2. The average Bonchev–Trinajstić information content (AvgIpc) is 3.04. The summed E-state index contributed by atoms with van der Waals surface area (Å²) in [6.45, 7) is 1.95. The summed E-state index contributed by atoms with van der Waals surface area (Å²) in [7, 11) is 1.45. The lowest BCUT2D eigenvalue weighted by molar-refractivity contribution is -0.113. The normalized spacial score (nSPS) is 14.9. The molecule has 1 aliphatic heterocycles. The van der Waals surface area contributed by atoms with Crippen LogP contribution in [0.5, 0.6) is 17.4 Å². The van der Waals surface area contributed by atoms with Crippen molar-refractivity contribution in [3.63, 3.8) is 0 Å². The SMILES string of the molecule is COc1cc(/C=C2/SC(=S)N(c3cccc(C)c3)C2=O)ccc1Oc1nc(Cl)ncc1F. The van der Waals surface area contributed by atoms with Crippen LogP contribution in [-0.4, -0.2) is 27.3 Å². The second-order valence-corrected chi connectivity index (χ2v) is 8.67. The van der Waals surface area contributed by atoms with Gasteiger partial charge in [-0.05, 0) is 60.0 Å². The van der Waals surface area contributed by atoms with E-state index in [1.54, 1.807) is 24.3 Å². The molecular weight excluding hydrogens is 473 g/mol. The molecule has 0 atom stereocenters. The smallest absolute Gasteiger partial charge is 0.270 e. The monoisotopic (exact) mass is 487 g/mol. The zero-order chi connectivity index (χ0) is 22.8. The van der Waals surface area contributed by atoms with Crippen LogP contribution in [0, 0.1) is 12.7 Å². The Bertz CT molecular complexity index is 1270. The van der Waals surface area contributed by atoms with Crippen LogP contribution in [0.15, 0.2) is 53.6 Å². The molecule has 10 heteroatoms. The molecule has 162 valence electrons. The maximum Gasteiger partial charge on any atom is 0.270 e. The lowest BCUT2D eigenvalue weighted by atomic mass is 10.1. The molecule has 0 bridgehead atoms. The number of halogens is 2. The van der Waals surface area contributed by atoms with Crippen LogP contribution in [0.2, 0.25) is 5.28 Å². The Morgan fingerprint density at radius 2 is 2.03 bits per heavy atom. The lowest BCUT2D eigenvalue weighted by Crippen LogP contribution is -2.27. The molecule has 0 radical (unpaired) electrons. The number of benzene rings is 2. The van der Waals surface area contributed by atoms with Crippen LogP contribution in [0.25, 0.3) is 6.08 Å². The Hall–Kier alpha value is -3.01. The minimum atomic E-state index is -0.764. The van der Waals surface area contributed by atoms with Gasteiger partial charge in [0.05, 0.1) is 23.9 Å². The number of rotatable bonds is 5. The van der Waals surface area contributed by atoms with Gasteiger partial charge in [-0.1, -0.05) is 42.2 Å². The summed E-state index contributed by atoms with van der Waals surface area (Å²) in [5, 5.41) is -0.146. The maximum atomic E-state index is 13.9. The summed E-state index contributed by atoms with van der Waals surface area (Å²) >= 11 is 12.4. The van der Waals surface area contributed by atoms with Crippen LogP contribution in [0.3, 0.4) is 0 Å². The molecule has 0 spiro atoms. The van der Waals surface area contributed by atoms with Crippen molar-refractivity contribution < 1.29 is 18.7 Å². The van der Waals surface area contributed by atoms with E-state index in [-0.39, 0.29) is 22.8 Å². The number of amides is 1. The molecule has 32 heavy (non-hydrogen) atoms. The highest BCUT2D eigenvalue weighted by Gasteiger charge is 2.33. The van der Waals surface area contributed by atoms with E-state index in [2.05, 4.69) is 9.97 Å². The molecule has 3 aromatic rings. The van der Waals surface area contributed by atoms with Gasteiger partial charge in [-0.25, -0.2) is 4.98 Å². The predicted octanol–water partition coefficient (Wildman–Crippen LogP) is 5.78. The number of aromatic nitrogens is 2. The highest BCUT2D eigenvalue weighted by molar-refractivity contribution is 8.27. The van der Waals surface area contributed by atoms with E-state index in [1.807, 2.05) is 31.2 Å². The first-order valence-electron chi connectivity index (χ1n) is 9.24. The number of carbonyl (C=O) groups is 1. The molecule has 2 aromatic carbocycles. The van der Waals surface area contributed by atoms with Gasteiger partial charge in [-0.3, -0.25) is 9.69 Å². The number of hydrogen-bond donors (Lipinski definition) is 0. The molecular formula is C22H15ClFN3O3S2. The standard InChI is InChI=1S/C22H15ClFN3O3S2/c1-12-4-3-5-14(8-12)27-20(28)18(32-22(27)31)10-13-6-7-16(17(9-13)29-2)30-19-15(24)11-25-21(23)26-19/h3-11H,1-2H3/b18-10+. The van der Waals surface area contributed by atoms with Crippen LogP contribution in [-0.2, 0) is 4.79 Å². The number of thiocarbonyl (C=S) groups is 1. The zero-order valence-electron chi connectivity index (χ0n) is 16.8. The minimum Gasteiger partial charge on any atom is -0.493 e. The molecule has 0 saturated carbocycles. The Balaban J connectivity index is 1.61. The number of methoxy groups -OCH3 is 1. The van der Waals surface area contributed by atoms with E-state index >= 15 is 0 Å². The van der Waals surface area contributed by atoms with E-state index < -0.39 is 5.82 Å². The number of aryl methyl sites for hydroxylation is 1. The van der Waals surface area contributed by atoms with E-state index in [0.29, 0.717) is 20.5 Å². The van der Waals surface area contributed by atoms with Gasteiger partial charge < -0.3 is 9.47 Å². The van der Waals surface area contributed by atoms with Gasteiger partial charge in [0.15, 0.2) is 15.8 Å². The summed E-state index contributed by atoms with van der Waals surface area (Å²) < 4.78 is 25.2. The van der Waals surface area contributed by atoms with E-state index in [4.69, 9.17) is 33.3 Å². The Kier molecular flexibility index (Phi) is 6.40. The van der Waals surface area contributed by atoms with Crippen molar-refractivity contribution in [2.75, 3.05) is 12.0 Å². The molecule has 1 saturated heterocycles. The van der Waals surface area contributed by atoms with Crippen molar-refractivity contribution in [1.29, 1.82) is 0 Å². The summed E-state index contributed by atoms with van der Waals surface area (Å²) in [5.74, 6) is -0.745. The maximum absolute atomic E-state index is 13.9. The molecule has 6 nitrogen and oxygen atoms in total. The van der Waals surface area contributed by atoms with Gasteiger partial charge in [-0.2, -0.15) is 9.37 Å². The number of carbonyl (C=O) groups excluding carboxylic acids is 1. The highest BCUT2D eigenvalue weighted by atomic mass is 35.5. The molecule has 1 aromatic heterocycles. The summed E-state index contributed by atoms with van der Waals surface area (Å²) in [4.78, 5) is 22.3. The molecule has 0 unspecified atom stereocenters. The first-order chi connectivity index (χ1) is 15.4. The topological polar surface area (TPSA) is 64.5 Å². The fraction of sp³-hybridized carbons (Fsp3) is 0.0909. The number of nitrogens with zero attached hydrogens (tertiary/aromatic N) is 3. The zero-order valence-corrected chi connectivity index (χ0v) is 19.2. The van der Waals surface area contributed by atoms with Gasteiger partial charge >= 0.3 is 0 Å². The third-order valence-corrected chi connectivity index (χ3v) is 5.91. The van der Waals surface area contributed by atoms with E-state index in [1.165, 1.54) is 23.8 Å². The number of thioether (sulfide) groups is 1. The fourth-order valence-corrected chi connectivity index (χ4v) is 4.40. The van der Waals surface area contributed by atoms with Gasteiger partial charge in [-0.15, -0.1) is 0 Å². The Labute approximate surface area is 198 Å². The third-order valence-electron chi connectivity index (χ3n) is 4.43. The van der Waals surface area contributed by atoms with Crippen molar-refractivity contribution in [2.24, 2.45) is 0 Å². The van der Waals surface area contributed by atoms with Crippen molar-refractivity contribution in [2.45, 2.75) is 6.92 Å². The summed E-state index contributed by atoms with van der Waals surface area (Å²) in [6.07, 6.45) is 2.63. The second kappa shape index (κ2) is 9.23. The molecule has 4 rings (SSSR count). The molecule has 1 fully saturated rings. The fourth-order valence-electron chi connectivity index (χ4n) is 2.97. The molecule has 0 aliphatic carbocycles. The predicted molar refractivity (Wildman–Crippen MR) is 127 cm³/mol. The third kappa shape index (κ3) is 4.59. The summed E-state index contributed by atoms with van der Waals surface area (Å²) in [5.41, 5.74) is 2.44. The van der Waals surface area contributed by atoms with Crippen molar-refractivity contribution in [3.8, 4) is 17.4 Å². The quantitative estimate of drug-likeness (QED) is 0.256. The highest BCUT2D eigenvalue weighted by Crippen LogP contribution is 2.38. The van der Waals surface area contributed by atoms with Crippen molar-refractivity contribution in [1.82, 2.24) is 9.97 Å². The van der Waals surface area contributed by atoms with Crippen molar-refractivity contribution in [3.05, 3.63) is 75.8 Å². The van der Waals surface area contributed by atoms with Crippen LogP contribution in [0.4, 0.5) is 10.1 Å². The second-order valence-electron chi connectivity index (χ2n) is 6.66. The Morgan fingerprint density at radius 3 is 2.78 bits per heavy atom. The van der Waals surface area contributed by atoms with Crippen LogP contribution < -0.4 is 14.4 Å². The van der Waals surface area contributed by atoms with Gasteiger partial charge in [0.2, 0.25) is 11.1 Å². The number of hydrogen-bond acceptors (Lipinski definition) is 7. The first kappa shape index (κ1) is 22.2. The van der Waals surface area contributed by atoms with Gasteiger partial charge in [0, 0.05) is 0 Å². The summed E-state index contributed by atoms with van der Waals surface area (Å²) in [6, 6.07) is 12.5. The largest absolute Gasteiger partial charge is 0.493 e. The Morgan fingerprint density at radius 1 is 1.22 bits per heavy atom. The molecule has 1 amide bonds. The van der Waals surface area contributed by atoms with Crippen molar-refractivity contribution >= 4 is 57.6 Å². The van der Waals surface area contributed by atoms with E-state index in [9.17, 15) is 9.18 Å². The lowest BCUT2D eigenvalue weighted by Gasteiger charge is -2.14. The van der Waals surface area contributed by atoms with Gasteiger partial charge in [0.25, 0.3) is 11.8 Å². The molecule has 1 aliphatic rings.